The van der Waals surface area contributed by atoms with E-state index in [1.807, 2.05) is 0 Å². The zero-order valence-corrected chi connectivity index (χ0v) is 13.0. The lowest BCUT2D eigenvalue weighted by atomic mass is 10.1. The topological polar surface area (TPSA) is 58.9 Å². The maximum absolute atomic E-state index is 11.8. The quantitative estimate of drug-likeness (QED) is 0.848. The number of aliphatic imine (C=N–C) groups is 1. The van der Waals surface area contributed by atoms with E-state index in [1.54, 1.807) is 38.1 Å². The highest BCUT2D eigenvalue weighted by atomic mass is 35.5. The highest BCUT2D eigenvalue weighted by Gasteiger charge is 2.27. The van der Waals surface area contributed by atoms with Gasteiger partial charge in [0, 0.05) is 0 Å². The predicted octanol–water partition coefficient (Wildman–Crippen LogP) is 4.18. The average Bonchev–Trinajstić information content (AvgIpc) is 2.70. The zero-order valence-electron chi connectivity index (χ0n) is 11.5. The minimum atomic E-state index is -0.600. The molecule has 0 fully saturated rings. The van der Waals surface area contributed by atoms with Crippen molar-refractivity contribution in [2.24, 2.45) is 4.99 Å². The highest BCUT2D eigenvalue weighted by Crippen LogP contribution is 2.31. The standard InChI is InChI=1S/C15H13Cl2NO3/c1-3-21-15(20)12-8(2)18-11(14(12)19)7-9-5-4-6-10(16)13(9)17/h4-7,19H,3H2,1-2H3/b11-7-. The van der Waals surface area contributed by atoms with Gasteiger partial charge in [-0.3, -0.25) is 0 Å². The van der Waals surface area contributed by atoms with Crippen molar-refractivity contribution in [2.75, 3.05) is 6.61 Å². The molecule has 0 spiro atoms. The third-order valence-electron chi connectivity index (χ3n) is 2.88. The van der Waals surface area contributed by atoms with Crippen LogP contribution in [-0.2, 0) is 9.53 Å². The van der Waals surface area contributed by atoms with Crippen LogP contribution < -0.4 is 0 Å². The molecule has 1 N–H and O–H groups in total. The second-order valence-corrected chi connectivity index (χ2v) is 5.10. The lowest BCUT2D eigenvalue weighted by molar-refractivity contribution is -0.138. The first kappa shape index (κ1) is 15.6. The number of aliphatic hydroxyl groups is 1. The van der Waals surface area contributed by atoms with Crippen LogP contribution in [0.3, 0.4) is 0 Å². The van der Waals surface area contributed by atoms with Crippen molar-refractivity contribution in [3.05, 3.63) is 50.8 Å². The second-order valence-electron chi connectivity index (χ2n) is 4.31. The van der Waals surface area contributed by atoms with E-state index in [0.29, 0.717) is 21.3 Å². The normalized spacial score (nSPS) is 16.4. The molecule has 1 aliphatic heterocycles. The Bertz CT molecular complexity index is 690. The monoisotopic (exact) mass is 325 g/mol. The Morgan fingerprint density at radius 2 is 2.14 bits per heavy atom. The number of benzene rings is 1. The molecule has 0 amide bonds. The van der Waals surface area contributed by atoms with E-state index >= 15 is 0 Å². The van der Waals surface area contributed by atoms with Crippen molar-refractivity contribution in [3.8, 4) is 0 Å². The molecule has 6 heteroatoms. The minimum Gasteiger partial charge on any atom is -0.505 e. The summed E-state index contributed by atoms with van der Waals surface area (Å²) in [5.74, 6) is -0.821. The maximum Gasteiger partial charge on any atom is 0.343 e. The Balaban J connectivity index is 2.45. The molecule has 0 saturated heterocycles. The van der Waals surface area contributed by atoms with Crippen molar-refractivity contribution in [1.29, 1.82) is 0 Å². The Morgan fingerprint density at radius 1 is 1.43 bits per heavy atom. The highest BCUT2D eigenvalue weighted by molar-refractivity contribution is 6.42. The van der Waals surface area contributed by atoms with Crippen LogP contribution >= 0.6 is 23.2 Å². The number of ether oxygens (including phenoxy) is 1. The lowest BCUT2D eigenvalue weighted by Crippen LogP contribution is -2.13. The molecule has 1 aromatic carbocycles. The lowest BCUT2D eigenvalue weighted by Gasteiger charge is -2.03. The molecule has 110 valence electrons. The molecule has 0 bridgehead atoms. The van der Waals surface area contributed by atoms with Gasteiger partial charge in [-0.1, -0.05) is 35.3 Å². The van der Waals surface area contributed by atoms with E-state index < -0.39 is 5.97 Å². The van der Waals surface area contributed by atoms with Gasteiger partial charge < -0.3 is 9.84 Å². The molecule has 1 aromatic rings. The Hall–Kier alpha value is -1.78. The Labute approximate surface area is 132 Å². The predicted molar refractivity (Wildman–Crippen MR) is 83.8 cm³/mol. The molecule has 1 heterocycles. The van der Waals surface area contributed by atoms with E-state index in [9.17, 15) is 9.90 Å². The van der Waals surface area contributed by atoms with Gasteiger partial charge in [-0.05, 0) is 31.6 Å². The summed E-state index contributed by atoms with van der Waals surface area (Å²) >= 11 is 12.0. The third kappa shape index (κ3) is 3.12. The van der Waals surface area contributed by atoms with Crippen molar-refractivity contribution in [3.63, 3.8) is 0 Å². The van der Waals surface area contributed by atoms with Crippen molar-refractivity contribution < 1.29 is 14.6 Å². The van der Waals surface area contributed by atoms with Crippen LogP contribution in [0.4, 0.5) is 0 Å². The Morgan fingerprint density at radius 3 is 2.81 bits per heavy atom. The second kappa shape index (κ2) is 6.33. The molecule has 0 aromatic heterocycles. The zero-order chi connectivity index (χ0) is 15.6. The van der Waals surface area contributed by atoms with Gasteiger partial charge in [0.15, 0.2) is 5.76 Å². The molecule has 0 radical (unpaired) electrons. The maximum atomic E-state index is 11.8. The number of carbonyl (C=O) groups excluding carboxylic acids is 1. The van der Waals surface area contributed by atoms with Crippen LogP contribution in [0.25, 0.3) is 6.08 Å². The van der Waals surface area contributed by atoms with Gasteiger partial charge in [0.25, 0.3) is 0 Å². The number of esters is 1. The van der Waals surface area contributed by atoms with Gasteiger partial charge in [-0.25, -0.2) is 9.79 Å². The largest absolute Gasteiger partial charge is 0.505 e. The van der Waals surface area contributed by atoms with Gasteiger partial charge >= 0.3 is 5.97 Å². The molecular weight excluding hydrogens is 313 g/mol. The summed E-state index contributed by atoms with van der Waals surface area (Å²) < 4.78 is 4.90. The summed E-state index contributed by atoms with van der Waals surface area (Å²) in [4.78, 5) is 16.0. The summed E-state index contributed by atoms with van der Waals surface area (Å²) in [5, 5.41) is 10.9. The minimum absolute atomic E-state index is 0.0706. The molecule has 0 unspecified atom stereocenters. The molecule has 4 nitrogen and oxygen atoms in total. The fraction of sp³-hybridized carbons (Fsp3) is 0.200. The van der Waals surface area contributed by atoms with Crippen LogP contribution in [0.1, 0.15) is 19.4 Å². The molecule has 0 atom stereocenters. The van der Waals surface area contributed by atoms with Crippen LogP contribution in [0.2, 0.25) is 10.0 Å². The molecule has 21 heavy (non-hydrogen) atoms. The van der Waals surface area contributed by atoms with Gasteiger partial charge in [-0.15, -0.1) is 0 Å². The van der Waals surface area contributed by atoms with E-state index in [0.717, 1.165) is 0 Å². The first-order valence-corrected chi connectivity index (χ1v) is 7.03. The number of hydrogen-bond acceptors (Lipinski definition) is 4. The average molecular weight is 326 g/mol. The van der Waals surface area contributed by atoms with E-state index in [-0.39, 0.29) is 23.6 Å². The van der Waals surface area contributed by atoms with Gasteiger partial charge in [-0.2, -0.15) is 0 Å². The van der Waals surface area contributed by atoms with E-state index in [2.05, 4.69) is 4.99 Å². The van der Waals surface area contributed by atoms with Crippen molar-refractivity contribution >= 4 is 41.0 Å². The first-order valence-electron chi connectivity index (χ1n) is 6.27. The molecular formula is C15H13Cl2NO3. The first-order chi connectivity index (χ1) is 9.95. The van der Waals surface area contributed by atoms with Gasteiger partial charge in [0.2, 0.25) is 0 Å². The van der Waals surface area contributed by atoms with Crippen LogP contribution in [0.5, 0.6) is 0 Å². The van der Waals surface area contributed by atoms with Crippen molar-refractivity contribution in [1.82, 2.24) is 0 Å². The van der Waals surface area contributed by atoms with Gasteiger partial charge in [0.05, 0.1) is 22.4 Å². The third-order valence-corrected chi connectivity index (χ3v) is 3.72. The van der Waals surface area contributed by atoms with Gasteiger partial charge in [0.1, 0.15) is 11.3 Å². The number of aliphatic hydroxyl groups excluding tert-OH is 1. The number of halogens is 2. The fourth-order valence-corrected chi connectivity index (χ4v) is 2.28. The smallest absolute Gasteiger partial charge is 0.343 e. The summed E-state index contributed by atoms with van der Waals surface area (Å²) in [7, 11) is 0. The van der Waals surface area contributed by atoms with Crippen LogP contribution in [0, 0.1) is 0 Å². The van der Waals surface area contributed by atoms with Crippen LogP contribution in [-0.4, -0.2) is 23.4 Å². The summed E-state index contributed by atoms with van der Waals surface area (Å²) in [6.07, 6.45) is 1.57. The summed E-state index contributed by atoms with van der Waals surface area (Å²) in [6.45, 7) is 3.55. The molecule has 1 aliphatic rings. The van der Waals surface area contributed by atoms with Crippen LogP contribution in [0.15, 0.2) is 40.2 Å². The SMILES string of the molecule is CCOC(=O)C1=C(O)/C(=C/c2cccc(Cl)c2Cl)N=C1C. The Kier molecular flexibility index (Phi) is 4.70. The van der Waals surface area contributed by atoms with E-state index in [4.69, 9.17) is 27.9 Å². The number of carbonyl (C=O) groups is 1. The summed E-state index contributed by atoms with van der Waals surface area (Å²) in [6, 6.07) is 5.13. The van der Waals surface area contributed by atoms with E-state index in [1.165, 1.54) is 0 Å². The number of hydrogen-bond donors (Lipinski definition) is 1. The molecule has 0 aliphatic carbocycles. The number of nitrogens with zero attached hydrogens (tertiary/aromatic N) is 1. The number of rotatable bonds is 3. The fourth-order valence-electron chi connectivity index (χ4n) is 1.92. The van der Waals surface area contributed by atoms with Crippen molar-refractivity contribution in [2.45, 2.75) is 13.8 Å². The molecule has 0 saturated carbocycles. The summed E-state index contributed by atoms with van der Waals surface area (Å²) in [5.41, 5.74) is 1.32. The molecule has 2 rings (SSSR count).